The van der Waals surface area contributed by atoms with E-state index in [2.05, 4.69) is 15.6 Å². The molecule has 0 aromatic carbocycles. The number of hydrogen-bond acceptors (Lipinski definition) is 4. The first-order valence-corrected chi connectivity index (χ1v) is 5.82. The molecule has 7 nitrogen and oxygen atoms in total. The van der Waals surface area contributed by atoms with E-state index >= 15 is 0 Å². The maximum atomic E-state index is 11.6. The Bertz CT molecular complexity index is 424. The normalized spacial score (nSPS) is 13.4. The van der Waals surface area contributed by atoms with Gasteiger partial charge < -0.3 is 21.1 Å². The molecule has 0 aliphatic heterocycles. The van der Waals surface area contributed by atoms with Crippen molar-refractivity contribution in [1.29, 1.82) is 0 Å². The Labute approximate surface area is 111 Å². The number of primary amides is 1. The number of hydrogen-bond donors (Lipinski definition) is 3. The van der Waals surface area contributed by atoms with Gasteiger partial charge in [-0.2, -0.15) is 0 Å². The number of nitrogens with zero attached hydrogens (tertiary/aromatic N) is 1. The highest BCUT2D eigenvalue weighted by Crippen LogP contribution is 2.05. The monoisotopic (exact) mass is 266 g/mol. The van der Waals surface area contributed by atoms with Crippen LogP contribution in [0, 0.1) is 0 Å². The molecule has 0 saturated carbocycles. The standard InChI is InChI=1S/C12H18N4O3/c1-8(10(11(17)14-2)16-12(13)18)19-7-9-3-5-15-6-4-9/h3-6,8,10H,7H2,1-2H3,(H,14,17)(H3,13,16,18). The van der Waals surface area contributed by atoms with Gasteiger partial charge in [0.15, 0.2) is 0 Å². The number of aromatic nitrogens is 1. The molecule has 4 N–H and O–H groups in total. The third-order valence-corrected chi connectivity index (χ3v) is 2.56. The Morgan fingerprint density at radius 2 is 2.05 bits per heavy atom. The summed E-state index contributed by atoms with van der Waals surface area (Å²) in [5.74, 6) is -0.360. The molecule has 7 heteroatoms. The van der Waals surface area contributed by atoms with Gasteiger partial charge >= 0.3 is 6.03 Å². The van der Waals surface area contributed by atoms with E-state index in [9.17, 15) is 9.59 Å². The van der Waals surface area contributed by atoms with E-state index in [1.54, 1.807) is 19.3 Å². The second-order valence-corrected chi connectivity index (χ2v) is 3.97. The second kappa shape index (κ2) is 7.32. The molecular formula is C12H18N4O3. The molecule has 0 fully saturated rings. The Morgan fingerprint density at radius 3 is 2.58 bits per heavy atom. The third kappa shape index (κ3) is 4.92. The van der Waals surface area contributed by atoms with E-state index in [0.29, 0.717) is 6.61 Å². The minimum Gasteiger partial charge on any atom is -0.371 e. The lowest BCUT2D eigenvalue weighted by atomic mass is 10.1. The van der Waals surface area contributed by atoms with Gasteiger partial charge in [-0.05, 0) is 24.6 Å². The first-order chi connectivity index (χ1) is 9.04. The molecule has 0 spiro atoms. The van der Waals surface area contributed by atoms with Gasteiger partial charge in [0.2, 0.25) is 5.91 Å². The van der Waals surface area contributed by atoms with E-state index in [-0.39, 0.29) is 5.91 Å². The lowest BCUT2D eigenvalue weighted by Crippen LogP contribution is -2.53. The Morgan fingerprint density at radius 1 is 1.42 bits per heavy atom. The van der Waals surface area contributed by atoms with Crippen molar-refractivity contribution >= 4 is 11.9 Å². The molecule has 1 aromatic rings. The van der Waals surface area contributed by atoms with Crippen molar-refractivity contribution < 1.29 is 14.3 Å². The predicted octanol–water partition coefficient (Wildman–Crippen LogP) is -0.230. The minimum absolute atomic E-state index is 0.317. The van der Waals surface area contributed by atoms with Crippen LogP contribution in [0.1, 0.15) is 12.5 Å². The van der Waals surface area contributed by atoms with Crippen LogP contribution in [0.2, 0.25) is 0 Å². The van der Waals surface area contributed by atoms with Gasteiger partial charge in [-0.1, -0.05) is 0 Å². The zero-order valence-electron chi connectivity index (χ0n) is 10.9. The van der Waals surface area contributed by atoms with E-state index in [1.807, 2.05) is 12.1 Å². The number of ether oxygens (including phenoxy) is 1. The van der Waals surface area contributed by atoms with Crippen molar-refractivity contribution in [2.24, 2.45) is 5.73 Å². The molecule has 19 heavy (non-hydrogen) atoms. The van der Waals surface area contributed by atoms with Crippen molar-refractivity contribution in [3.05, 3.63) is 30.1 Å². The molecule has 2 unspecified atom stereocenters. The highest BCUT2D eigenvalue weighted by molar-refractivity contribution is 5.86. The maximum absolute atomic E-state index is 11.6. The third-order valence-electron chi connectivity index (χ3n) is 2.56. The summed E-state index contributed by atoms with van der Waals surface area (Å²) in [6.07, 6.45) is 2.79. The van der Waals surface area contributed by atoms with Crippen LogP contribution in [0.15, 0.2) is 24.5 Å². The number of pyridine rings is 1. The quantitative estimate of drug-likeness (QED) is 0.661. The van der Waals surface area contributed by atoms with E-state index < -0.39 is 18.2 Å². The zero-order chi connectivity index (χ0) is 14.3. The van der Waals surface area contributed by atoms with Crippen molar-refractivity contribution in [3.63, 3.8) is 0 Å². The van der Waals surface area contributed by atoms with Gasteiger partial charge in [0, 0.05) is 19.4 Å². The molecule has 1 aromatic heterocycles. The van der Waals surface area contributed by atoms with Crippen molar-refractivity contribution in [2.75, 3.05) is 7.05 Å². The molecule has 0 radical (unpaired) electrons. The molecule has 104 valence electrons. The largest absolute Gasteiger partial charge is 0.371 e. The van der Waals surface area contributed by atoms with Gasteiger partial charge in [0.05, 0.1) is 12.7 Å². The molecule has 0 saturated heterocycles. The summed E-state index contributed by atoms with van der Waals surface area (Å²) < 4.78 is 5.56. The van der Waals surface area contributed by atoms with Crippen molar-refractivity contribution in [2.45, 2.75) is 25.7 Å². The van der Waals surface area contributed by atoms with Crippen molar-refractivity contribution in [1.82, 2.24) is 15.6 Å². The second-order valence-electron chi connectivity index (χ2n) is 3.97. The lowest BCUT2D eigenvalue weighted by molar-refractivity contribution is -0.126. The lowest BCUT2D eigenvalue weighted by Gasteiger charge is -2.23. The highest BCUT2D eigenvalue weighted by Gasteiger charge is 2.26. The number of carbonyl (C=O) groups excluding carboxylic acids is 2. The van der Waals surface area contributed by atoms with Crippen LogP contribution in [-0.4, -0.2) is 36.1 Å². The van der Waals surface area contributed by atoms with Crippen LogP contribution in [0.25, 0.3) is 0 Å². The molecular weight excluding hydrogens is 248 g/mol. The number of carbonyl (C=O) groups is 2. The molecule has 1 heterocycles. The molecule has 0 aliphatic rings. The summed E-state index contributed by atoms with van der Waals surface area (Å²) in [7, 11) is 1.48. The van der Waals surface area contributed by atoms with Gasteiger partial charge in [0.25, 0.3) is 0 Å². The van der Waals surface area contributed by atoms with Gasteiger partial charge in [-0.15, -0.1) is 0 Å². The first-order valence-electron chi connectivity index (χ1n) is 5.82. The summed E-state index contributed by atoms with van der Waals surface area (Å²) in [6, 6.07) is 2.02. The summed E-state index contributed by atoms with van der Waals surface area (Å²) in [5.41, 5.74) is 5.96. The van der Waals surface area contributed by atoms with Crippen LogP contribution in [0.5, 0.6) is 0 Å². The molecule has 0 bridgehead atoms. The number of rotatable bonds is 6. The summed E-state index contributed by atoms with van der Waals surface area (Å²) >= 11 is 0. The summed E-state index contributed by atoms with van der Waals surface area (Å²) in [4.78, 5) is 26.4. The maximum Gasteiger partial charge on any atom is 0.312 e. The molecule has 1 rings (SSSR count). The van der Waals surface area contributed by atoms with Crippen molar-refractivity contribution in [3.8, 4) is 0 Å². The smallest absolute Gasteiger partial charge is 0.312 e. The average Bonchev–Trinajstić information content (AvgIpc) is 2.42. The first kappa shape index (κ1) is 14.9. The molecule has 2 atom stereocenters. The topological polar surface area (TPSA) is 106 Å². The van der Waals surface area contributed by atoms with E-state index in [4.69, 9.17) is 10.5 Å². The predicted molar refractivity (Wildman–Crippen MR) is 69.1 cm³/mol. The summed E-state index contributed by atoms with van der Waals surface area (Å²) in [5, 5.41) is 4.81. The van der Waals surface area contributed by atoms with Crippen LogP contribution in [-0.2, 0) is 16.1 Å². The fourth-order valence-corrected chi connectivity index (χ4v) is 1.51. The van der Waals surface area contributed by atoms with Gasteiger partial charge in [-0.25, -0.2) is 4.79 Å². The minimum atomic E-state index is -0.829. The van der Waals surface area contributed by atoms with Crippen LogP contribution >= 0.6 is 0 Å². The number of likely N-dealkylation sites (N-methyl/N-ethyl adjacent to an activating group) is 1. The zero-order valence-corrected chi connectivity index (χ0v) is 10.9. The van der Waals surface area contributed by atoms with Crippen LogP contribution < -0.4 is 16.4 Å². The SMILES string of the molecule is CNC(=O)C(NC(N)=O)C(C)OCc1ccncc1. The fraction of sp³-hybridized carbons (Fsp3) is 0.417. The average molecular weight is 266 g/mol. The molecule has 0 aliphatic carbocycles. The Balaban J connectivity index is 2.59. The highest BCUT2D eigenvalue weighted by atomic mass is 16.5. The number of nitrogens with two attached hydrogens (primary N) is 1. The number of nitrogens with one attached hydrogen (secondary N) is 2. The molecule has 3 amide bonds. The van der Waals surface area contributed by atoms with E-state index in [1.165, 1.54) is 7.05 Å². The number of urea groups is 1. The fourth-order valence-electron chi connectivity index (χ4n) is 1.51. The Kier molecular flexibility index (Phi) is 5.74. The van der Waals surface area contributed by atoms with Crippen LogP contribution in [0.3, 0.4) is 0 Å². The van der Waals surface area contributed by atoms with Gasteiger partial charge in [0.1, 0.15) is 6.04 Å². The number of amides is 3. The van der Waals surface area contributed by atoms with E-state index in [0.717, 1.165) is 5.56 Å². The van der Waals surface area contributed by atoms with Crippen LogP contribution in [0.4, 0.5) is 4.79 Å². The summed E-state index contributed by atoms with van der Waals surface area (Å²) in [6.45, 7) is 2.01. The Hall–Kier alpha value is -2.15. The van der Waals surface area contributed by atoms with Gasteiger partial charge in [-0.3, -0.25) is 9.78 Å².